The van der Waals surface area contributed by atoms with E-state index in [4.69, 9.17) is 5.73 Å². The third kappa shape index (κ3) is 4.32. The standard InChI is InChI=1S/C22H22N2/c23-22(24-17-19-12-6-2-7-13-19)21(20-14-8-3-9-15-20)16-18-10-4-1-5-11-18/h1-15,21H,16-17H2,(H2,23,24)/t21-/m1/s1. The van der Waals surface area contributed by atoms with Crippen molar-refractivity contribution in [2.24, 2.45) is 10.7 Å². The molecule has 0 aliphatic heterocycles. The molecule has 3 rings (SSSR count). The summed E-state index contributed by atoms with van der Waals surface area (Å²) in [6.07, 6.45) is 0.856. The van der Waals surface area contributed by atoms with E-state index in [0.717, 1.165) is 6.42 Å². The maximum atomic E-state index is 6.40. The highest BCUT2D eigenvalue weighted by Crippen LogP contribution is 2.21. The lowest BCUT2D eigenvalue weighted by molar-refractivity contribution is 0.853. The van der Waals surface area contributed by atoms with Gasteiger partial charge in [-0.25, -0.2) is 0 Å². The van der Waals surface area contributed by atoms with E-state index in [1.165, 1.54) is 16.7 Å². The number of hydrogen-bond donors (Lipinski definition) is 1. The normalized spacial score (nSPS) is 12.8. The first-order chi connectivity index (χ1) is 11.8. The molecule has 0 unspecified atom stereocenters. The third-order valence-corrected chi connectivity index (χ3v) is 4.13. The average Bonchev–Trinajstić information content (AvgIpc) is 2.66. The minimum Gasteiger partial charge on any atom is -0.387 e. The average molecular weight is 314 g/mol. The van der Waals surface area contributed by atoms with Gasteiger partial charge < -0.3 is 5.73 Å². The van der Waals surface area contributed by atoms with Crippen LogP contribution in [0.1, 0.15) is 22.6 Å². The summed E-state index contributed by atoms with van der Waals surface area (Å²) < 4.78 is 0. The first-order valence-corrected chi connectivity index (χ1v) is 8.25. The van der Waals surface area contributed by atoms with Crippen molar-refractivity contribution in [1.29, 1.82) is 0 Å². The van der Waals surface area contributed by atoms with E-state index in [2.05, 4.69) is 65.7 Å². The minimum absolute atomic E-state index is 0.0947. The van der Waals surface area contributed by atoms with Crippen molar-refractivity contribution in [3.05, 3.63) is 108 Å². The first kappa shape index (κ1) is 16.0. The number of rotatable bonds is 6. The second kappa shape index (κ2) is 8.11. The van der Waals surface area contributed by atoms with Crippen molar-refractivity contribution < 1.29 is 0 Å². The fourth-order valence-corrected chi connectivity index (χ4v) is 2.80. The Kier molecular flexibility index (Phi) is 5.41. The lowest BCUT2D eigenvalue weighted by atomic mass is 9.91. The topological polar surface area (TPSA) is 38.4 Å². The molecule has 0 spiro atoms. The molecule has 3 aromatic rings. The Balaban J connectivity index is 1.83. The zero-order valence-corrected chi connectivity index (χ0v) is 13.7. The van der Waals surface area contributed by atoms with Crippen LogP contribution in [-0.2, 0) is 13.0 Å². The highest BCUT2D eigenvalue weighted by molar-refractivity contribution is 5.87. The lowest BCUT2D eigenvalue weighted by Gasteiger charge is -2.17. The fourth-order valence-electron chi connectivity index (χ4n) is 2.80. The molecule has 0 saturated carbocycles. The number of nitrogens with zero attached hydrogens (tertiary/aromatic N) is 1. The van der Waals surface area contributed by atoms with Gasteiger partial charge in [0.2, 0.25) is 0 Å². The molecule has 0 aliphatic carbocycles. The van der Waals surface area contributed by atoms with Crippen LogP contribution in [0.15, 0.2) is 96.0 Å². The van der Waals surface area contributed by atoms with Crippen LogP contribution in [0, 0.1) is 0 Å². The molecule has 2 nitrogen and oxygen atoms in total. The van der Waals surface area contributed by atoms with Gasteiger partial charge in [0.25, 0.3) is 0 Å². The molecule has 0 fully saturated rings. The second-order valence-electron chi connectivity index (χ2n) is 5.88. The van der Waals surface area contributed by atoms with Crippen molar-refractivity contribution in [1.82, 2.24) is 0 Å². The molecule has 0 bridgehead atoms. The molecule has 2 N–H and O–H groups in total. The smallest absolute Gasteiger partial charge is 0.102 e. The molecule has 3 aromatic carbocycles. The molecule has 120 valence electrons. The maximum absolute atomic E-state index is 6.40. The molecule has 0 aromatic heterocycles. The van der Waals surface area contributed by atoms with Crippen LogP contribution in [-0.4, -0.2) is 5.84 Å². The van der Waals surface area contributed by atoms with Crippen LogP contribution < -0.4 is 5.73 Å². The molecular weight excluding hydrogens is 292 g/mol. The van der Waals surface area contributed by atoms with E-state index in [1.54, 1.807) is 0 Å². The van der Waals surface area contributed by atoms with E-state index in [1.807, 2.05) is 30.3 Å². The summed E-state index contributed by atoms with van der Waals surface area (Å²) in [5.41, 5.74) is 10.0. The Morgan fingerprint density at radius 3 is 1.79 bits per heavy atom. The van der Waals surface area contributed by atoms with Crippen molar-refractivity contribution >= 4 is 5.84 Å². The van der Waals surface area contributed by atoms with Crippen LogP contribution >= 0.6 is 0 Å². The van der Waals surface area contributed by atoms with E-state index < -0.39 is 0 Å². The molecule has 2 heteroatoms. The van der Waals surface area contributed by atoms with Crippen LogP contribution in [0.5, 0.6) is 0 Å². The van der Waals surface area contributed by atoms with Gasteiger partial charge in [0.1, 0.15) is 5.84 Å². The maximum Gasteiger partial charge on any atom is 0.102 e. The quantitative estimate of drug-likeness (QED) is 0.525. The second-order valence-corrected chi connectivity index (χ2v) is 5.88. The number of amidine groups is 1. The predicted molar refractivity (Wildman–Crippen MR) is 101 cm³/mol. The van der Waals surface area contributed by atoms with Gasteiger partial charge in [0.05, 0.1) is 6.54 Å². The zero-order chi connectivity index (χ0) is 16.6. The molecular formula is C22H22N2. The molecule has 0 saturated heterocycles. The van der Waals surface area contributed by atoms with Crippen molar-refractivity contribution in [3.63, 3.8) is 0 Å². The van der Waals surface area contributed by atoms with Crippen LogP contribution in [0.25, 0.3) is 0 Å². The summed E-state index contributed by atoms with van der Waals surface area (Å²) in [6, 6.07) is 31.0. The molecule has 1 atom stereocenters. The molecule has 24 heavy (non-hydrogen) atoms. The van der Waals surface area contributed by atoms with Gasteiger partial charge >= 0.3 is 0 Å². The Hall–Kier alpha value is -2.87. The van der Waals surface area contributed by atoms with Crippen molar-refractivity contribution in [2.45, 2.75) is 18.9 Å². The van der Waals surface area contributed by atoms with E-state index in [0.29, 0.717) is 12.4 Å². The van der Waals surface area contributed by atoms with Crippen molar-refractivity contribution in [2.75, 3.05) is 0 Å². The van der Waals surface area contributed by atoms with Crippen LogP contribution in [0.3, 0.4) is 0 Å². The number of benzene rings is 3. The lowest BCUT2D eigenvalue weighted by Crippen LogP contribution is -2.24. The van der Waals surface area contributed by atoms with Gasteiger partial charge in [-0.15, -0.1) is 0 Å². The van der Waals surface area contributed by atoms with Crippen molar-refractivity contribution in [3.8, 4) is 0 Å². The fraction of sp³-hybridized carbons (Fsp3) is 0.136. The zero-order valence-electron chi connectivity index (χ0n) is 13.7. The molecule has 0 radical (unpaired) electrons. The monoisotopic (exact) mass is 314 g/mol. The van der Waals surface area contributed by atoms with Gasteiger partial charge in [0.15, 0.2) is 0 Å². The summed E-state index contributed by atoms with van der Waals surface area (Å²) in [5, 5.41) is 0. The Morgan fingerprint density at radius 1 is 0.708 bits per heavy atom. The van der Waals surface area contributed by atoms with Gasteiger partial charge in [-0.3, -0.25) is 4.99 Å². The van der Waals surface area contributed by atoms with Gasteiger partial charge in [-0.2, -0.15) is 0 Å². The van der Waals surface area contributed by atoms with Gasteiger partial charge in [-0.05, 0) is 23.1 Å². The number of aliphatic imine (C=N–C) groups is 1. The number of hydrogen-bond acceptors (Lipinski definition) is 1. The predicted octanol–water partition coefficient (Wildman–Crippen LogP) is 4.57. The first-order valence-electron chi connectivity index (χ1n) is 8.25. The summed E-state index contributed by atoms with van der Waals surface area (Å²) in [6.45, 7) is 0.616. The summed E-state index contributed by atoms with van der Waals surface area (Å²) in [4.78, 5) is 4.66. The summed E-state index contributed by atoms with van der Waals surface area (Å²) in [5.74, 6) is 0.784. The van der Waals surface area contributed by atoms with Crippen LogP contribution in [0.2, 0.25) is 0 Å². The van der Waals surface area contributed by atoms with E-state index >= 15 is 0 Å². The Bertz CT molecular complexity index is 765. The van der Waals surface area contributed by atoms with Crippen LogP contribution in [0.4, 0.5) is 0 Å². The largest absolute Gasteiger partial charge is 0.387 e. The highest BCUT2D eigenvalue weighted by Gasteiger charge is 2.16. The minimum atomic E-state index is 0.0947. The molecule has 0 heterocycles. The Labute approximate surface area is 143 Å². The van der Waals surface area contributed by atoms with E-state index in [-0.39, 0.29) is 5.92 Å². The van der Waals surface area contributed by atoms with E-state index in [9.17, 15) is 0 Å². The molecule has 0 aliphatic rings. The molecule has 0 amide bonds. The summed E-state index contributed by atoms with van der Waals surface area (Å²) >= 11 is 0. The highest BCUT2D eigenvalue weighted by atomic mass is 14.9. The van der Waals surface area contributed by atoms with Gasteiger partial charge in [0, 0.05) is 5.92 Å². The summed E-state index contributed by atoms with van der Waals surface area (Å²) in [7, 11) is 0. The third-order valence-electron chi connectivity index (χ3n) is 4.13. The number of nitrogens with two attached hydrogens (primary N) is 1. The van der Waals surface area contributed by atoms with Gasteiger partial charge in [-0.1, -0.05) is 91.0 Å². The Morgan fingerprint density at radius 2 is 1.21 bits per heavy atom. The SMILES string of the molecule is NC(=NCc1ccccc1)[C@H](Cc1ccccc1)c1ccccc1.